The highest BCUT2D eigenvalue weighted by molar-refractivity contribution is 5.73. The summed E-state index contributed by atoms with van der Waals surface area (Å²) in [6.45, 7) is 2.12. The zero-order valence-electron chi connectivity index (χ0n) is 11.3. The summed E-state index contributed by atoms with van der Waals surface area (Å²) in [5.74, 6) is -0.532. The highest BCUT2D eigenvalue weighted by Crippen LogP contribution is 2.09. The van der Waals surface area contributed by atoms with Crippen LogP contribution in [0.4, 0.5) is 9.18 Å². The van der Waals surface area contributed by atoms with Crippen LogP contribution in [0.25, 0.3) is 0 Å². The molecule has 0 aliphatic heterocycles. The number of urea groups is 1. The molecule has 5 nitrogen and oxygen atoms in total. The van der Waals surface area contributed by atoms with E-state index in [-0.39, 0.29) is 18.7 Å². The van der Waals surface area contributed by atoms with Crippen LogP contribution in [0.15, 0.2) is 18.2 Å². The van der Waals surface area contributed by atoms with E-state index in [2.05, 4.69) is 10.6 Å². The van der Waals surface area contributed by atoms with Gasteiger partial charge in [-0.1, -0.05) is 19.4 Å². The van der Waals surface area contributed by atoms with Gasteiger partial charge < -0.3 is 15.7 Å². The van der Waals surface area contributed by atoms with Crippen molar-refractivity contribution in [2.75, 3.05) is 6.54 Å². The summed E-state index contributed by atoms with van der Waals surface area (Å²) in [6, 6.07) is 5.44. The molecule has 2 amide bonds. The lowest BCUT2D eigenvalue weighted by molar-refractivity contribution is 0.160. The second kappa shape index (κ2) is 8.12. The van der Waals surface area contributed by atoms with Gasteiger partial charge in [-0.25, -0.2) is 9.18 Å². The Kier molecular flexibility index (Phi) is 6.47. The highest BCUT2D eigenvalue weighted by Gasteiger charge is 2.08. The predicted molar refractivity (Wildman–Crippen MR) is 72.3 cm³/mol. The van der Waals surface area contributed by atoms with Gasteiger partial charge in [0.25, 0.3) is 0 Å². The number of aliphatic hydroxyl groups is 1. The molecule has 0 saturated carbocycles. The number of nitriles is 1. The number of amides is 2. The SMILES string of the molecule is CCCC(O)CNC(=O)NCc1ccc(C#N)cc1F. The van der Waals surface area contributed by atoms with Crippen LogP contribution in [-0.4, -0.2) is 23.8 Å². The lowest BCUT2D eigenvalue weighted by Crippen LogP contribution is -2.39. The summed E-state index contributed by atoms with van der Waals surface area (Å²) >= 11 is 0. The third-order valence-electron chi connectivity index (χ3n) is 2.74. The van der Waals surface area contributed by atoms with Crippen LogP contribution >= 0.6 is 0 Å². The number of carbonyl (C=O) groups is 1. The lowest BCUT2D eigenvalue weighted by Gasteiger charge is -2.12. The van der Waals surface area contributed by atoms with Crippen LogP contribution < -0.4 is 10.6 Å². The van der Waals surface area contributed by atoms with E-state index in [1.165, 1.54) is 12.1 Å². The first kappa shape index (κ1) is 15.9. The molecule has 20 heavy (non-hydrogen) atoms. The maximum absolute atomic E-state index is 13.5. The van der Waals surface area contributed by atoms with Crippen molar-refractivity contribution in [1.82, 2.24) is 10.6 Å². The van der Waals surface area contributed by atoms with E-state index in [9.17, 15) is 14.3 Å². The van der Waals surface area contributed by atoms with Gasteiger partial charge in [-0.2, -0.15) is 5.26 Å². The fourth-order valence-electron chi connectivity index (χ4n) is 1.64. The van der Waals surface area contributed by atoms with E-state index in [0.29, 0.717) is 12.0 Å². The van der Waals surface area contributed by atoms with E-state index >= 15 is 0 Å². The lowest BCUT2D eigenvalue weighted by atomic mass is 10.1. The maximum Gasteiger partial charge on any atom is 0.315 e. The first-order valence-corrected chi connectivity index (χ1v) is 6.45. The van der Waals surface area contributed by atoms with Gasteiger partial charge in [0.05, 0.1) is 17.7 Å². The van der Waals surface area contributed by atoms with E-state index in [1.54, 1.807) is 0 Å². The molecule has 0 bridgehead atoms. The normalized spacial score (nSPS) is 11.5. The number of rotatable bonds is 6. The van der Waals surface area contributed by atoms with Gasteiger partial charge >= 0.3 is 6.03 Å². The van der Waals surface area contributed by atoms with Crippen molar-refractivity contribution < 1.29 is 14.3 Å². The second-order valence-corrected chi connectivity index (χ2v) is 4.42. The van der Waals surface area contributed by atoms with Gasteiger partial charge in [-0.3, -0.25) is 0 Å². The summed E-state index contributed by atoms with van der Waals surface area (Å²) in [4.78, 5) is 11.5. The van der Waals surface area contributed by atoms with Crippen molar-refractivity contribution in [3.63, 3.8) is 0 Å². The summed E-state index contributed by atoms with van der Waals surface area (Å²) < 4.78 is 13.5. The van der Waals surface area contributed by atoms with Crippen molar-refractivity contribution in [2.24, 2.45) is 0 Å². The molecule has 1 aromatic carbocycles. The Balaban J connectivity index is 2.40. The first-order valence-electron chi connectivity index (χ1n) is 6.45. The minimum absolute atomic E-state index is 0.0211. The van der Waals surface area contributed by atoms with Crippen molar-refractivity contribution in [3.8, 4) is 6.07 Å². The summed E-state index contributed by atoms with van der Waals surface area (Å²) in [7, 11) is 0. The molecule has 0 saturated heterocycles. The molecule has 3 N–H and O–H groups in total. The number of nitrogens with one attached hydrogen (secondary N) is 2. The Bertz CT molecular complexity index is 500. The fourth-order valence-corrected chi connectivity index (χ4v) is 1.64. The van der Waals surface area contributed by atoms with Gasteiger partial charge in [0.1, 0.15) is 5.82 Å². The van der Waals surface area contributed by atoms with Crippen molar-refractivity contribution in [2.45, 2.75) is 32.4 Å². The van der Waals surface area contributed by atoms with E-state index in [4.69, 9.17) is 5.26 Å². The van der Waals surface area contributed by atoms with Gasteiger partial charge in [-0.05, 0) is 18.6 Å². The molecule has 0 radical (unpaired) electrons. The Morgan fingerprint density at radius 2 is 2.25 bits per heavy atom. The molecule has 0 spiro atoms. The molecular formula is C14H18FN3O2. The molecule has 1 atom stereocenters. The van der Waals surface area contributed by atoms with Gasteiger partial charge in [0.15, 0.2) is 0 Å². The summed E-state index contributed by atoms with van der Waals surface area (Å²) in [5, 5.41) is 23.1. The Morgan fingerprint density at radius 3 is 2.85 bits per heavy atom. The van der Waals surface area contributed by atoms with Gasteiger partial charge in [-0.15, -0.1) is 0 Å². The molecule has 0 heterocycles. The topological polar surface area (TPSA) is 85.2 Å². The Hall–Kier alpha value is -2.13. The molecule has 1 aromatic rings. The van der Waals surface area contributed by atoms with E-state index < -0.39 is 18.0 Å². The number of hydrogen-bond donors (Lipinski definition) is 3. The van der Waals surface area contributed by atoms with Crippen LogP contribution in [0.5, 0.6) is 0 Å². The fraction of sp³-hybridized carbons (Fsp3) is 0.429. The van der Waals surface area contributed by atoms with Crippen LogP contribution in [0.1, 0.15) is 30.9 Å². The van der Waals surface area contributed by atoms with Crippen LogP contribution in [0.3, 0.4) is 0 Å². The number of carbonyl (C=O) groups excluding carboxylic acids is 1. The number of halogens is 1. The quantitative estimate of drug-likeness (QED) is 0.740. The van der Waals surface area contributed by atoms with Crippen LogP contribution in [0.2, 0.25) is 0 Å². The van der Waals surface area contributed by atoms with Gasteiger partial charge in [0, 0.05) is 18.7 Å². The van der Waals surface area contributed by atoms with Crippen LogP contribution in [-0.2, 0) is 6.54 Å². The summed E-state index contributed by atoms with van der Waals surface area (Å²) in [5.41, 5.74) is 0.534. The number of nitrogens with zero attached hydrogens (tertiary/aromatic N) is 1. The molecule has 1 unspecified atom stereocenters. The molecule has 0 aromatic heterocycles. The second-order valence-electron chi connectivity index (χ2n) is 4.42. The predicted octanol–water partition coefficient (Wildman–Crippen LogP) is 1.66. The van der Waals surface area contributed by atoms with Crippen LogP contribution in [0, 0.1) is 17.1 Å². The zero-order valence-corrected chi connectivity index (χ0v) is 11.3. The minimum atomic E-state index is -0.572. The van der Waals surface area contributed by atoms with E-state index in [0.717, 1.165) is 12.5 Å². The van der Waals surface area contributed by atoms with Crippen molar-refractivity contribution >= 4 is 6.03 Å². The number of hydrogen-bond acceptors (Lipinski definition) is 3. The molecule has 0 aliphatic carbocycles. The molecule has 0 aliphatic rings. The van der Waals surface area contributed by atoms with E-state index in [1.807, 2.05) is 13.0 Å². The molecule has 1 rings (SSSR count). The highest BCUT2D eigenvalue weighted by atomic mass is 19.1. The average Bonchev–Trinajstić information content (AvgIpc) is 2.44. The Labute approximate surface area is 117 Å². The molecular weight excluding hydrogens is 261 g/mol. The largest absolute Gasteiger partial charge is 0.391 e. The standard InChI is InChI=1S/C14H18FN3O2/c1-2-3-12(19)9-18-14(20)17-8-11-5-4-10(7-16)6-13(11)15/h4-6,12,19H,2-3,8-9H2,1H3,(H2,17,18,20). The molecule has 0 fully saturated rings. The smallest absolute Gasteiger partial charge is 0.315 e. The Morgan fingerprint density at radius 1 is 1.50 bits per heavy atom. The number of aliphatic hydroxyl groups excluding tert-OH is 1. The minimum Gasteiger partial charge on any atom is -0.391 e. The monoisotopic (exact) mass is 279 g/mol. The van der Waals surface area contributed by atoms with Gasteiger partial charge in [0.2, 0.25) is 0 Å². The van der Waals surface area contributed by atoms with Crippen molar-refractivity contribution in [3.05, 3.63) is 35.1 Å². The maximum atomic E-state index is 13.5. The third-order valence-corrected chi connectivity index (χ3v) is 2.74. The zero-order chi connectivity index (χ0) is 15.0. The molecule has 108 valence electrons. The summed E-state index contributed by atoms with van der Waals surface area (Å²) in [6.07, 6.45) is 0.878. The van der Waals surface area contributed by atoms with Crippen molar-refractivity contribution in [1.29, 1.82) is 5.26 Å². The average molecular weight is 279 g/mol. The molecule has 6 heteroatoms. The third kappa shape index (κ3) is 5.24. The number of benzene rings is 1. The first-order chi connectivity index (χ1) is 9.56.